The third-order valence-corrected chi connectivity index (χ3v) is 19.5. The SMILES string of the molecule is CCOC(=O)c1nc(-c2cccc(Cl)c2Cl)c(C)nc1N1CCC2C(C1)C2(CN)c1ccsc1.CCOC(=O)c1nc(-c2cccc(Cl)c2Cl)c(C)nc1N1CCC2C(C1)C2(CN1C(=O)c2ccccc2C1=O)c1ccsc1. The van der Waals surface area contributed by atoms with Gasteiger partial charge in [-0.05, 0) is 133 Å². The molecule has 402 valence electrons. The maximum absolute atomic E-state index is 13.4. The Morgan fingerprint density at radius 1 is 0.615 bits per heavy atom. The van der Waals surface area contributed by atoms with Crippen molar-refractivity contribution in [3.05, 3.63) is 159 Å². The van der Waals surface area contributed by atoms with Crippen LogP contribution < -0.4 is 15.5 Å². The highest BCUT2D eigenvalue weighted by Crippen LogP contribution is 2.65. The highest BCUT2D eigenvalue weighted by molar-refractivity contribution is 7.08. The van der Waals surface area contributed by atoms with Crippen LogP contribution in [0.4, 0.5) is 11.6 Å². The molecule has 2 amide bonds. The normalized spacial score (nSPS) is 22.8. The zero-order valence-corrected chi connectivity index (χ0v) is 47.8. The van der Waals surface area contributed by atoms with Crippen LogP contribution in [0.2, 0.25) is 20.1 Å². The number of halogens is 4. The number of nitrogens with zero attached hydrogens (tertiary/aromatic N) is 7. The van der Waals surface area contributed by atoms with E-state index in [2.05, 4.69) is 38.1 Å². The quantitative estimate of drug-likeness (QED) is 0.0854. The van der Waals surface area contributed by atoms with Crippen LogP contribution in [-0.2, 0) is 20.3 Å². The molecule has 0 spiro atoms. The number of rotatable bonds is 13. The van der Waals surface area contributed by atoms with Crippen LogP contribution in [0.3, 0.4) is 0 Å². The number of carbonyl (C=O) groups is 4. The summed E-state index contributed by atoms with van der Waals surface area (Å²) in [5, 5.41) is 10.0. The summed E-state index contributed by atoms with van der Waals surface area (Å²) in [6.45, 7) is 11.4. The number of anilines is 2. The van der Waals surface area contributed by atoms with E-state index in [1.54, 1.807) is 91.1 Å². The number of esters is 2. The van der Waals surface area contributed by atoms with Gasteiger partial charge in [0.2, 0.25) is 0 Å². The number of carbonyl (C=O) groups excluding carboxylic acids is 4. The van der Waals surface area contributed by atoms with Gasteiger partial charge in [0.15, 0.2) is 23.0 Å². The molecule has 6 unspecified atom stereocenters. The van der Waals surface area contributed by atoms with Gasteiger partial charge in [-0.2, -0.15) is 22.7 Å². The van der Waals surface area contributed by atoms with Gasteiger partial charge >= 0.3 is 11.9 Å². The minimum Gasteiger partial charge on any atom is -0.461 e. The van der Waals surface area contributed by atoms with E-state index in [0.717, 1.165) is 31.5 Å². The highest BCUT2D eigenvalue weighted by atomic mass is 35.5. The van der Waals surface area contributed by atoms with Crippen molar-refractivity contribution >= 4 is 104 Å². The van der Waals surface area contributed by atoms with Crippen LogP contribution in [0.25, 0.3) is 22.5 Å². The van der Waals surface area contributed by atoms with Gasteiger partial charge in [-0.15, -0.1) is 0 Å². The third kappa shape index (κ3) is 9.14. The van der Waals surface area contributed by atoms with Crippen LogP contribution in [0.15, 0.2) is 94.3 Å². The van der Waals surface area contributed by atoms with E-state index in [4.69, 9.17) is 81.5 Å². The predicted molar refractivity (Wildman–Crippen MR) is 307 cm³/mol. The molecule has 7 aromatic rings. The number of thiophene rings is 2. The minimum atomic E-state index is -0.567. The molecule has 2 aliphatic carbocycles. The van der Waals surface area contributed by atoms with Crippen LogP contribution in [0.1, 0.15) is 90.9 Å². The second-order valence-electron chi connectivity index (χ2n) is 20.2. The largest absolute Gasteiger partial charge is 0.461 e. The van der Waals surface area contributed by atoms with Crippen LogP contribution >= 0.6 is 69.1 Å². The summed E-state index contributed by atoms with van der Waals surface area (Å²) in [6.07, 6.45) is 1.79. The molecule has 12 rings (SSSR count). The molecule has 3 aromatic carbocycles. The maximum Gasteiger partial charge on any atom is 0.360 e. The monoisotopic (exact) mass is 1160 g/mol. The zero-order valence-electron chi connectivity index (χ0n) is 43.1. The Morgan fingerprint density at radius 2 is 1.05 bits per heavy atom. The number of aromatic nitrogens is 4. The predicted octanol–water partition coefficient (Wildman–Crippen LogP) is 12.0. The van der Waals surface area contributed by atoms with Gasteiger partial charge < -0.3 is 25.0 Å². The molecule has 0 bridgehead atoms. The van der Waals surface area contributed by atoms with E-state index in [9.17, 15) is 19.2 Å². The first-order valence-electron chi connectivity index (χ1n) is 25.9. The summed E-state index contributed by atoms with van der Waals surface area (Å²) in [5.41, 5.74) is 13.1. The van der Waals surface area contributed by atoms with Crippen molar-refractivity contribution in [2.75, 3.05) is 62.3 Å². The smallest absolute Gasteiger partial charge is 0.360 e. The highest BCUT2D eigenvalue weighted by Gasteiger charge is 2.68. The van der Waals surface area contributed by atoms with E-state index in [0.29, 0.717) is 115 Å². The number of imide groups is 1. The number of ether oxygens (including phenoxy) is 2. The number of nitrogens with two attached hydrogens (primary N) is 1. The summed E-state index contributed by atoms with van der Waals surface area (Å²) in [5.74, 6) is 0.814. The lowest BCUT2D eigenvalue weighted by molar-refractivity contribution is 0.0510. The number of hydrogen-bond acceptors (Lipinski definition) is 15. The molecule has 0 radical (unpaired) electrons. The molecular weight excluding hydrogens is 1110 g/mol. The Balaban J connectivity index is 0.000000171. The molecule has 2 saturated heterocycles. The van der Waals surface area contributed by atoms with Crippen molar-refractivity contribution in [1.29, 1.82) is 0 Å². The number of hydrogen-bond donors (Lipinski definition) is 1. The fraction of sp³-hybridized carbons (Fsp3) is 0.345. The van der Waals surface area contributed by atoms with E-state index in [-0.39, 0.29) is 59.1 Å². The maximum atomic E-state index is 13.4. The molecule has 20 heteroatoms. The van der Waals surface area contributed by atoms with Crippen molar-refractivity contribution in [2.45, 2.75) is 51.4 Å². The third-order valence-electron chi connectivity index (χ3n) is 16.5. The van der Waals surface area contributed by atoms with Gasteiger partial charge in [0.1, 0.15) is 0 Å². The summed E-state index contributed by atoms with van der Waals surface area (Å²) >= 11 is 28.8. The van der Waals surface area contributed by atoms with Crippen molar-refractivity contribution in [3.8, 4) is 22.5 Å². The van der Waals surface area contributed by atoms with Gasteiger partial charge in [0.05, 0.1) is 67.2 Å². The Labute approximate surface area is 479 Å². The number of piperidine rings is 2. The first kappa shape index (κ1) is 54.0. The Hall–Kier alpha value is -5.98. The molecule has 7 heterocycles. The van der Waals surface area contributed by atoms with E-state index < -0.39 is 11.9 Å². The topological polar surface area (TPSA) is 174 Å². The van der Waals surface area contributed by atoms with E-state index in [1.807, 2.05) is 25.3 Å². The van der Waals surface area contributed by atoms with Crippen molar-refractivity contribution in [1.82, 2.24) is 24.8 Å². The second kappa shape index (κ2) is 21.6. The van der Waals surface area contributed by atoms with E-state index in [1.165, 1.54) is 10.5 Å². The van der Waals surface area contributed by atoms with Gasteiger partial charge in [-0.25, -0.2) is 29.5 Å². The summed E-state index contributed by atoms with van der Waals surface area (Å²) in [6, 6.07) is 21.9. The number of benzene rings is 3. The lowest BCUT2D eigenvalue weighted by atomic mass is 9.92. The van der Waals surface area contributed by atoms with Crippen LogP contribution in [-0.4, -0.2) is 101 Å². The Bertz CT molecular complexity index is 3480. The fourth-order valence-corrected chi connectivity index (χ4v) is 14.9. The number of amides is 2. The summed E-state index contributed by atoms with van der Waals surface area (Å²) in [4.78, 5) is 78.0. The number of fused-ring (bicyclic) bond motifs is 3. The second-order valence-corrected chi connectivity index (χ2v) is 23.4. The van der Waals surface area contributed by atoms with Gasteiger partial charge in [-0.3, -0.25) is 14.5 Å². The average molecular weight is 1170 g/mol. The Kier molecular flexibility index (Phi) is 14.9. The number of aryl methyl sites for hydroxylation is 2. The molecule has 4 aromatic heterocycles. The Morgan fingerprint density at radius 3 is 1.49 bits per heavy atom. The molecule has 2 N–H and O–H groups in total. The molecule has 2 saturated carbocycles. The first-order chi connectivity index (χ1) is 37.7. The molecule has 4 fully saturated rings. The standard InChI is InChI=1S/C33H28Cl2N4O4S.C25H26Cl2N4O2S/c1-3-43-32(42)28-29(36-18(2)27(37-28)22-9-6-10-25(34)26(22)35)38-13-11-23-24(15-38)33(23,19-12-14-44-16-19)17-39-30(40)20-7-4-5-8-21(20)31(39)41;1-3-33-24(32)22-23(29-14(2)21(30-22)16-5-4-6-19(26)20(16)27)31-9-7-17-18(11-31)25(17,13-28)15-8-10-34-12-15/h4-10,12,14,16,23-24H,3,11,13,15,17H2,1-2H3;4-6,8,10,12,17-18H,3,7,9,11,13,28H2,1-2H3. The summed E-state index contributed by atoms with van der Waals surface area (Å²) < 4.78 is 10.8. The first-order valence-corrected chi connectivity index (χ1v) is 29.3. The van der Waals surface area contributed by atoms with Crippen LogP contribution in [0, 0.1) is 37.5 Å². The average Bonchev–Trinajstić information content (AvgIpc) is 3.25. The van der Waals surface area contributed by atoms with Crippen LogP contribution in [0.5, 0.6) is 0 Å². The molecule has 78 heavy (non-hydrogen) atoms. The van der Waals surface area contributed by atoms with Gasteiger partial charge in [-0.1, -0.05) is 82.8 Å². The van der Waals surface area contributed by atoms with Crippen molar-refractivity contribution < 1.29 is 28.7 Å². The molecular formula is C58H54Cl4N8O6S2. The van der Waals surface area contributed by atoms with Crippen molar-refractivity contribution in [2.24, 2.45) is 29.4 Å². The van der Waals surface area contributed by atoms with Gasteiger partial charge in [0.25, 0.3) is 11.8 Å². The lowest BCUT2D eigenvalue weighted by Gasteiger charge is -2.29. The molecule has 14 nitrogen and oxygen atoms in total. The minimum absolute atomic E-state index is 0.00949. The molecule has 6 atom stereocenters. The summed E-state index contributed by atoms with van der Waals surface area (Å²) in [7, 11) is 0. The molecule has 3 aliphatic heterocycles. The van der Waals surface area contributed by atoms with Crippen molar-refractivity contribution in [3.63, 3.8) is 0 Å². The lowest BCUT2D eigenvalue weighted by Crippen LogP contribution is -2.39. The zero-order chi connectivity index (χ0) is 54.8. The molecule has 5 aliphatic rings. The van der Waals surface area contributed by atoms with E-state index >= 15 is 0 Å². The van der Waals surface area contributed by atoms with Gasteiger partial charge in [0, 0.05) is 61.2 Å². The fourth-order valence-electron chi connectivity index (χ4n) is 12.7.